The van der Waals surface area contributed by atoms with Gasteiger partial charge in [0, 0.05) is 25.7 Å². The van der Waals surface area contributed by atoms with Crippen LogP contribution in [0.15, 0.2) is 0 Å². The Morgan fingerprint density at radius 1 is 0.292 bits per heavy atom. The predicted octanol–water partition coefficient (Wildman–Crippen LogP) is 22.4. The van der Waals surface area contributed by atoms with Crippen LogP contribution in [0.3, 0.4) is 0 Å². The number of aliphatic hydroxyl groups is 1. The Balaban J connectivity index is 5.17. The van der Waals surface area contributed by atoms with Crippen molar-refractivity contribution in [3.05, 3.63) is 0 Å². The summed E-state index contributed by atoms with van der Waals surface area (Å²) >= 11 is 0. The van der Waals surface area contributed by atoms with Gasteiger partial charge in [-0.3, -0.25) is 37.3 Å². The van der Waals surface area contributed by atoms with Crippen molar-refractivity contribution in [1.82, 2.24) is 0 Å². The average Bonchev–Trinajstić information content (AvgIpc) is 1.52. The lowest BCUT2D eigenvalue weighted by atomic mass is 9.99. The number of rotatable bonds is 74. The first kappa shape index (κ1) is 94.1. The molecule has 0 aliphatic rings. The van der Waals surface area contributed by atoms with Crippen LogP contribution < -0.4 is 0 Å². The maximum atomic E-state index is 13.1. The van der Waals surface area contributed by atoms with Gasteiger partial charge in [-0.15, -0.1) is 0 Å². The molecule has 3 N–H and O–H groups in total. The summed E-state index contributed by atoms with van der Waals surface area (Å²) in [6, 6.07) is 0. The van der Waals surface area contributed by atoms with Gasteiger partial charge in [0.1, 0.15) is 19.3 Å². The van der Waals surface area contributed by atoms with Gasteiger partial charge in [-0.1, -0.05) is 338 Å². The number of unbranched alkanes of at least 4 members (excludes halogenated alkanes) is 37. The van der Waals surface area contributed by atoms with Crippen LogP contribution in [0.1, 0.15) is 389 Å². The molecule has 0 radical (unpaired) electrons. The van der Waals surface area contributed by atoms with E-state index in [0.717, 1.165) is 114 Å². The number of phosphoric ester groups is 2. The van der Waals surface area contributed by atoms with Crippen LogP contribution >= 0.6 is 15.6 Å². The summed E-state index contributed by atoms with van der Waals surface area (Å²) in [4.78, 5) is 72.8. The Labute approximate surface area is 588 Å². The molecular weight excluding hydrogens is 1260 g/mol. The molecular formula is C77H150O17P2. The highest BCUT2D eigenvalue weighted by molar-refractivity contribution is 7.47. The van der Waals surface area contributed by atoms with Gasteiger partial charge in [0.15, 0.2) is 12.2 Å². The molecule has 0 aliphatic heterocycles. The maximum Gasteiger partial charge on any atom is 0.472 e. The number of phosphoric acid groups is 2. The van der Waals surface area contributed by atoms with E-state index in [1.807, 2.05) is 0 Å². The zero-order valence-electron chi connectivity index (χ0n) is 63.0. The molecule has 0 bridgehead atoms. The van der Waals surface area contributed by atoms with Crippen LogP contribution in [0.2, 0.25) is 0 Å². The second-order valence-corrected chi connectivity index (χ2v) is 31.9. The molecule has 0 spiro atoms. The Hall–Kier alpha value is -1.94. The third kappa shape index (κ3) is 66.6. The van der Waals surface area contributed by atoms with E-state index in [1.54, 1.807) is 0 Å². The van der Waals surface area contributed by atoms with Gasteiger partial charge in [0.25, 0.3) is 0 Å². The van der Waals surface area contributed by atoms with Crippen molar-refractivity contribution in [3.63, 3.8) is 0 Å². The van der Waals surface area contributed by atoms with Crippen molar-refractivity contribution < 1.29 is 80.2 Å². The maximum absolute atomic E-state index is 13.1. The Kier molecular flexibility index (Phi) is 65.0. The fraction of sp³-hybridized carbons (Fsp3) is 0.948. The monoisotopic (exact) mass is 1410 g/mol. The highest BCUT2D eigenvalue weighted by Crippen LogP contribution is 2.45. The third-order valence-corrected chi connectivity index (χ3v) is 20.8. The number of hydrogen-bond donors (Lipinski definition) is 3. The highest BCUT2D eigenvalue weighted by atomic mass is 31.2. The van der Waals surface area contributed by atoms with Gasteiger partial charge in [0.05, 0.1) is 26.4 Å². The van der Waals surface area contributed by atoms with Gasteiger partial charge in [0.2, 0.25) is 0 Å². The fourth-order valence-electron chi connectivity index (χ4n) is 11.6. The van der Waals surface area contributed by atoms with Crippen molar-refractivity contribution >= 4 is 39.5 Å². The van der Waals surface area contributed by atoms with Crippen molar-refractivity contribution in [2.45, 2.75) is 408 Å². The molecule has 0 fully saturated rings. The molecule has 96 heavy (non-hydrogen) atoms. The van der Waals surface area contributed by atoms with Crippen molar-refractivity contribution in [1.29, 1.82) is 0 Å². The molecule has 19 heteroatoms. The standard InChI is InChI=1S/C77H150O17P2/c1-9-68(6)54-46-38-30-22-20-18-16-14-12-13-15-17-19-21-23-33-41-49-57-74(79)87-63-72(93-76(81)59-51-43-34-26-24-31-39-47-55-69(7)10-2)65-91-95(83,84)89-61-71(78)62-90-96(85,86)92-66-73(64-88-75(80)58-50-42-36-28-29-37-45-53-67(4)5)94-77(82)60-52-44-35-27-25-32-40-48-56-70(8)11-3/h67-73,78H,9-66H2,1-8H3,(H,83,84)(H,85,86)/t68?,69?,70?,71?,72-,73-/m1/s1. The van der Waals surface area contributed by atoms with Crippen LogP contribution in [0.5, 0.6) is 0 Å². The van der Waals surface area contributed by atoms with Crippen LogP contribution in [0, 0.1) is 23.7 Å². The van der Waals surface area contributed by atoms with E-state index in [2.05, 4.69) is 55.4 Å². The van der Waals surface area contributed by atoms with Crippen molar-refractivity contribution in [3.8, 4) is 0 Å². The SMILES string of the molecule is CCC(C)CCCCCCCCCCCCCCCCCCCCC(=O)OC[C@H](COP(=O)(O)OCC(O)COP(=O)(O)OC[C@@H](COC(=O)CCCCCCCCCC(C)C)OC(=O)CCCCCCCCCCC(C)CC)OC(=O)CCCCCCCCCCC(C)CC. The zero-order chi connectivity index (χ0) is 71.0. The number of carbonyl (C=O) groups excluding carboxylic acids is 4. The van der Waals surface area contributed by atoms with Crippen LogP contribution in [0.4, 0.5) is 0 Å². The minimum absolute atomic E-state index is 0.104. The summed E-state index contributed by atoms with van der Waals surface area (Å²) in [5, 5.41) is 10.6. The van der Waals surface area contributed by atoms with Gasteiger partial charge in [-0.2, -0.15) is 0 Å². The summed E-state index contributed by atoms with van der Waals surface area (Å²) in [5.74, 6) is 0.993. The molecule has 17 nitrogen and oxygen atoms in total. The van der Waals surface area contributed by atoms with E-state index in [0.29, 0.717) is 31.6 Å². The van der Waals surface area contributed by atoms with Gasteiger partial charge >= 0.3 is 39.5 Å². The lowest BCUT2D eigenvalue weighted by molar-refractivity contribution is -0.161. The Morgan fingerprint density at radius 3 is 0.740 bits per heavy atom. The molecule has 0 aromatic heterocycles. The number of esters is 4. The first-order valence-electron chi connectivity index (χ1n) is 39.8. The number of aliphatic hydroxyl groups excluding tert-OH is 1. The molecule has 6 unspecified atom stereocenters. The predicted molar refractivity (Wildman–Crippen MR) is 391 cm³/mol. The quantitative estimate of drug-likeness (QED) is 0.0222. The molecule has 0 aromatic rings. The molecule has 0 aliphatic carbocycles. The number of ether oxygens (including phenoxy) is 4. The van der Waals surface area contributed by atoms with Crippen molar-refractivity contribution in [2.75, 3.05) is 39.6 Å². The summed E-state index contributed by atoms with van der Waals surface area (Å²) in [6.45, 7) is 14.2. The third-order valence-electron chi connectivity index (χ3n) is 18.9. The first-order valence-corrected chi connectivity index (χ1v) is 42.8. The molecule has 0 saturated heterocycles. The minimum Gasteiger partial charge on any atom is -0.462 e. The Bertz CT molecular complexity index is 1890. The summed E-state index contributed by atoms with van der Waals surface area (Å²) in [7, 11) is -9.91. The summed E-state index contributed by atoms with van der Waals surface area (Å²) in [6.07, 6.45) is 51.5. The number of hydrogen-bond acceptors (Lipinski definition) is 15. The molecule has 0 amide bonds. The van der Waals surface area contributed by atoms with Crippen LogP contribution in [-0.2, 0) is 65.4 Å². The molecule has 0 saturated carbocycles. The van der Waals surface area contributed by atoms with Gasteiger partial charge < -0.3 is 33.8 Å². The number of carbonyl (C=O) groups is 4. The zero-order valence-corrected chi connectivity index (χ0v) is 64.8. The second kappa shape index (κ2) is 66.3. The van der Waals surface area contributed by atoms with E-state index in [1.165, 1.54) is 186 Å². The topological polar surface area (TPSA) is 237 Å². The van der Waals surface area contributed by atoms with E-state index in [9.17, 15) is 43.2 Å². The summed E-state index contributed by atoms with van der Waals surface area (Å²) < 4.78 is 68.5. The van der Waals surface area contributed by atoms with Crippen LogP contribution in [0.25, 0.3) is 0 Å². The smallest absolute Gasteiger partial charge is 0.462 e. The molecule has 0 heterocycles. The largest absolute Gasteiger partial charge is 0.472 e. The highest BCUT2D eigenvalue weighted by Gasteiger charge is 2.30. The fourth-order valence-corrected chi connectivity index (χ4v) is 13.2. The molecule has 0 aromatic carbocycles. The molecule has 8 atom stereocenters. The second-order valence-electron chi connectivity index (χ2n) is 28.9. The average molecular weight is 1410 g/mol. The lowest BCUT2D eigenvalue weighted by Gasteiger charge is -2.21. The Morgan fingerprint density at radius 2 is 0.500 bits per heavy atom. The van der Waals surface area contributed by atoms with Gasteiger partial charge in [-0.25, -0.2) is 9.13 Å². The van der Waals surface area contributed by atoms with E-state index < -0.39 is 97.5 Å². The summed E-state index contributed by atoms with van der Waals surface area (Å²) in [5.41, 5.74) is 0. The normalized spacial score (nSPS) is 15.0. The molecule has 570 valence electrons. The van der Waals surface area contributed by atoms with E-state index in [-0.39, 0.29) is 25.7 Å². The lowest BCUT2D eigenvalue weighted by Crippen LogP contribution is -2.30. The molecule has 0 rings (SSSR count). The first-order chi connectivity index (χ1) is 46.2. The van der Waals surface area contributed by atoms with Gasteiger partial charge in [-0.05, 0) is 49.4 Å². The van der Waals surface area contributed by atoms with Crippen molar-refractivity contribution in [2.24, 2.45) is 23.7 Å². The van der Waals surface area contributed by atoms with Crippen LogP contribution in [-0.4, -0.2) is 96.7 Å². The minimum atomic E-state index is -4.96. The van der Waals surface area contributed by atoms with E-state index in [4.69, 9.17) is 37.0 Å². The van der Waals surface area contributed by atoms with E-state index >= 15 is 0 Å².